The Balaban J connectivity index is 0.000000520. The van der Waals surface area contributed by atoms with Crippen molar-refractivity contribution in [1.82, 2.24) is 4.98 Å². The minimum absolute atomic E-state index is 0.0621. The van der Waals surface area contributed by atoms with E-state index in [1.165, 1.54) is 0 Å². The zero-order valence-corrected chi connectivity index (χ0v) is 36.0. The number of benzene rings is 5. The van der Waals surface area contributed by atoms with Gasteiger partial charge < -0.3 is 0 Å². The molecule has 0 aliphatic heterocycles. The SMILES string of the molecule is FC(F)(F)c1cc([B-](c2cc(C(F)(F)F)cc(C(F)(F)F)c2)(c2cc(C(F)(F)F)cc(C(F)(F)F)c2)c2cc(C(F)(F)F)cc(C(F)(F)F)c2)cc(C(F)(F)F)c1.O=C(C[n+]1ccncc1)c1cccc(S)c1. The van der Waals surface area contributed by atoms with Gasteiger partial charge in [-0.25, -0.2) is 0 Å². The van der Waals surface area contributed by atoms with E-state index in [-0.39, 0.29) is 5.78 Å². The normalized spacial score (nSPS) is 13.4. The minimum Gasteiger partial charge on any atom is -0.287 e. The molecule has 0 spiro atoms. The van der Waals surface area contributed by atoms with Crippen LogP contribution in [0.4, 0.5) is 105 Å². The lowest BCUT2D eigenvalue weighted by atomic mass is 9.12. The van der Waals surface area contributed by atoms with Crippen LogP contribution in [0.15, 0.2) is 127 Å². The van der Waals surface area contributed by atoms with Crippen molar-refractivity contribution in [3.63, 3.8) is 0 Å². The molecule has 73 heavy (non-hydrogen) atoms. The summed E-state index contributed by atoms with van der Waals surface area (Å²) in [5.74, 6) is 0.0621. The van der Waals surface area contributed by atoms with Crippen molar-refractivity contribution in [2.24, 2.45) is 0 Å². The first kappa shape index (κ1) is 57.5. The Morgan fingerprint density at radius 2 is 0.644 bits per heavy atom. The average Bonchev–Trinajstić information content (AvgIpc) is 3.24. The van der Waals surface area contributed by atoms with Crippen LogP contribution in [0.25, 0.3) is 0 Å². The Kier molecular flexibility index (Phi) is 15.6. The van der Waals surface area contributed by atoms with E-state index in [9.17, 15) is 110 Å². The molecule has 6 rings (SSSR count). The summed E-state index contributed by atoms with van der Waals surface area (Å²) in [6.45, 7) is 0.319. The summed E-state index contributed by atoms with van der Waals surface area (Å²) in [7, 11) is 0. The first-order valence-corrected chi connectivity index (χ1v) is 19.9. The maximum absolute atomic E-state index is 14.2. The Hall–Kier alpha value is -6.42. The van der Waals surface area contributed by atoms with Crippen LogP contribution in [-0.4, -0.2) is 16.9 Å². The van der Waals surface area contributed by atoms with Crippen molar-refractivity contribution in [3.05, 3.63) is 172 Å². The standard InChI is InChI=1S/C32H12BF24.C12H10N2OS/c34-25(35,36)13-1-14(26(37,38)39)6-21(5-13)33(22-7-15(27(40,41)42)2-16(8-22)28(43,44)45,23-9-17(29(46,47)48)3-18(10-23)30(49,50)51)24-11-19(31(52,53)54)4-20(12-24)32(55,56)57;15-12(9-14-6-4-13-5-7-14)10-2-1-3-11(16)8-10/h1-12H;1-8H,9H2/q-1;/p+1. The fourth-order valence-electron chi connectivity index (χ4n) is 7.46. The molecule has 5 aromatic carbocycles. The van der Waals surface area contributed by atoms with Crippen molar-refractivity contribution in [3.8, 4) is 0 Å². The molecule has 0 atom stereocenters. The van der Waals surface area contributed by atoms with Crippen LogP contribution in [0.1, 0.15) is 54.9 Å². The molecule has 0 aliphatic carbocycles. The van der Waals surface area contributed by atoms with Gasteiger partial charge in [0.2, 0.25) is 12.3 Å². The Bertz CT molecular complexity index is 2530. The topological polar surface area (TPSA) is 33.8 Å². The molecule has 0 saturated carbocycles. The third-order valence-electron chi connectivity index (χ3n) is 10.6. The average molecular weight is 1090 g/mol. The number of rotatable bonds is 7. The quantitative estimate of drug-likeness (QED) is 0.0568. The van der Waals surface area contributed by atoms with Gasteiger partial charge in [-0.3, -0.25) is 9.78 Å². The lowest BCUT2D eigenvalue weighted by Crippen LogP contribution is -2.75. The van der Waals surface area contributed by atoms with Gasteiger partial charge >= 0.3 is 49.4 Å². The molecule has 6 aromatic rings. The van der Waals surface area contributed by atoms with E-state index in [0.29, 0.717) is 12.1 Å². The summed E-state index contributed by atoms with van der Waals surface area (Å²) in [5.41, 5.74) is -29.5. The highest BCUT2D eigenvalue weighted by molar-refractivity contribution is 7.80. The zero-order valence-electron chi connectivity index (χ0n) is 35.2. The van der Waals surface area contributed by atoms with E-state index < -0.39 is 195 Å². The molecule has 29 heteroatoms. The number of Topliss-reactive ketones (excluding diaryl/α,β-unsaturated/α-hetero) is 1. The van der Waals surface area contributed by atoms with Gasteiger partial charge in [0, 0.05) is 10.5 Å². The fraction of sp³-hybridized carbons (Fsp3) is 0.205. The highest BCUT2D eigenvalue weighted by Gasteiger charge is 2.47. The fourth-order valence-corrected chi connectivity index (χ4v) is 7.69. The molecule has 0 bridgehead atoms. The number of carbonyl (C=O) groups excluding carboxylic acids is 1. The molecule has 0 aliphatic rings. The first-order chi connectivity index (χ1) is 33.0. The van der Waals surface area contributed by atoms with Crippen LogP contribution in [0.3, 0.4) is 0 Å². The highest BCUT2D eigenvalue weighted by atomic mass is 32.1. The number of halogens is 24. The van der Waals surface area contributed by atoms with Gasteiger partial charge in [0.1, 0.15) is 6.15 Å². The van der Waals surface area contributed by atoms with E-state index in [1.807, 2.05) is 12.1 Å². The van der Waals surface area contributed by atoms with Gasteiger partial charge in [0.05, 0.1) is 56.9 Å². The number of hydrogen-bond donors (Lipinski definition) is 1. The van der Waals surface area contributed by atoms with Crippen molar-refractivity contribution in [1.29, 1.82) is 0 Å². The van der Waals surface area contributed by atoms with Gasteiger partial charge in [-0.1, -0.05) is 60.7 Å². The lowest BCUT2D eigenvalue weighted by Gasteiger charge is -2.46. The molecule has 0 radical (unpaired) electrons. The van der Waals surface area contributed by atoms with Crippen LogP contribution < -0.4 is 26.4 Å². The van der Waals surface area contributed by atoms with Gasteiger partial charge in [0.25, 0.3) is 0 Å². The van der Waals surface area contributed by atoms with Crippen LogP contribution >= 0.6 is 12.6 Å². The number of aromatic nitrogens is 2. The summed E-state index contributed by atoms with van der Waals surface area (Å²) >= 11 is 4.21. The van der Waals surface area contributed by atoms with Gasteiger partial charge in [0.15, 0.2) is 12.4 Å². The van der Waals surface area contributed by atoms with Crippen LogP contribution in [0.5, 0.6) is 0 Å². The summed E-state index contributed by atoms with van der Waals surface area (Å²) in [5, 5.41) is 0. The van der Waals surface area contributed by atoms with Crippen LogP contribution in [-0.2, 0) is 56.0 Å². The number of ketones is 1. The van der Waals surface area contributed by atoms with Gasteiger partial charge in [-0.2, -0.15) is 132 Å². The predicted molar refractivity (Wildman–Crippen MR) is 213 cm³/mol. The van der Waals surface area contributed by atoms with Crippen LogP contribution in [0, 0.1) is 0 Å². The summed E-state index contributed by atoms with van der Waals surface area (Å²) in [6, 6.07) is -1.57. The second-order valence-electron chi connectivity index (χ2n) is 15.6. The Labute approximate surface area is 398 Å². The molecule has 0 fully saturated rings. The zero-order chi connectivity index (χ0) is 55.3. The molecule has 392 valence electrons. The van der Waals surface area contributed by atoms with E-state index >= 15 is 0 Å². The maximum Gasteiger partial charge on any atom is 0.416 e. The summed E-state index contributed by atoms with van der Waals surface area (Å²) < 4.78 is 343. The maximum atomic E-state index is 14.2. The molecule has 1 aromatic heterocycles. The van der Waals surface area contributed by atoms with Gasteiger partial charge in [-0.05, 0) is 36.4 Å². The van der Waals surface area contributed by atoms with E-state index in [0.717, 1.165) is 4.90 Å². The van der Waals surface area contributed by atoms with E-state index in [4.69, 9.17) is 0 Å². The van der Waals surface area contributed by atoms with E-state index in [2.05, 4.69) is 17.6 Å². The number of hydrogen-bond acceptors (Lipinski definition) is 3. The van der Waals surface area contributed by atoms with Crippen molar-refractivity contribution in [2.45, 2.75) is 60.9 Å². The summed E-state index contributed by atoms with van der Waals surface area (Å²) in [6.07, 6.45) is -48.0. The largest absolute Gasteiger partial charge is 0.416 e. The second-order valence-corrected chi connectivity index (χ2v) is 16.1. The molecule has 1 heterocycles. The minimum atomic E-state index is -6.13. The smallest absolute Gasteiger partial charge is 0.287 e. The Morgan fingerprint density at radius 3 is 0.863 bits per heavy atom. The molecule has 0 N–H and O–H groups in total. The summed E-state index contributed by atoms with van der Waals surface area (Å²) in [4.78, 5) is 16.6. The lowest BCUT2D eigenvalue weighted by molar-refractivity contribution is -0.683. The third kappa shape index (κ3) is 13.6. The highest BCUT2D eigenvalue weighted by Crippen LogP contribution is 2.41. The van der Waals surface area contributed by atoms with E-state index in [1.54, 1.807) is 41.5 Å². The molecule has 0 amide bonds. The molecule has 0 unspecified atom stereocenters. The van der Waals surface area contributed by atoms with Crippen molar-refractivity contribution in [2.75, 3.05) is 0 Å². The monoisotopic (exact) mass is 1090 g/mol. The number of nitrogens with zero attached hydrogens (tertiary/aromatic N) is 2. The Morgan fingerprint density at radius 1 is 0.397 bits per heavy atom. The predicted octanol–water partition coefficient (Wildman–Crippen LogP) is 12.8. The van der Waals surface area contributed by atoms with Crippen LogP contribution in [0.2, 0.25) is 0 Å². The molecular formula is C44H23BF24N2OS. The molecular weight excluding hydrogens is 1070 g/mol. The van der Waals surface area contributed by atoms with Gasteiger partial charge in [-0.15, -0.1) is 12.6 Å². The number of thiol groups is 1. The second kappa shape index (κ2) is 19.8. The molecule has 3 nitrogen and oxygen atoms in total. The van der Waals surface area contributed by atoms with Crippen molar-refractivity contribution < 1.29 is 115 Å². The molecule has 0 saturated heterocycles. The number of carbonyl (C=O) groups is 1. The first-order valence-electron chi connectivity index (χ1n) is 19.5. The number of alkyl halides is 24. The third-order valence-corrected chi connectivity index (χ3v) is 10.9. The van der Waals surface area contributed by atoms with Crippen molar-refractivity contribution >= 4 is 46.4 Å².